The average molecular weight is 360 g/mol. The Kier molecular flexibility index (Phi) is 5.05. The second-order valence-corrected chi connectivity index (χ2v) is 6.58. The highest BCUT2D eigenvalue weighted by atomic mass is 16.5. The predicted octanol–water partition coefficient (Wildman–Crippen LogP) is 3.08. The van der Waals surface area contributed by atoms with E-state index in [1.165, 1.54) is 0 Å². The average Bonchev–Trinajstić information content (AvgIpc) is 3.22. The maximum atomic E-state index is 12.5. The van der Waals surface area contributed by atoms with E-state index in [0.717, 1.165) is 24.2 Å². The summed E-state index contributed by atoms with van der Waals surface area (Å²) in [5, 5.41) is 8.39. The summed E-state index contributed by atoms with van der Waals surface area (Å²) in [7, 11) is 0. The molecule has 136 valence electrons. The highest BCUT2D eigenvalue weighted by molar-refractivity contribution is 5.94. The number of rotatable bonds is 5. The van der Waals surface area contributed by atoms with Gasteiger partial charge in [0.2, 0.25) is 5.88 Å². The van der Waals surface area contributed by atoms with Crippen molar-refractivity contribution in [2.75, 3.05) is 19.7 Å². The molecule has 2 aromatic heterocycles. The molecule has 0 bridgehead atoms. The maximum absolute atomic E-state index is 12.5. The third kappa shape index (κ3) is 4.11. The molecule has 0 aliphatic carbocycles. The summed E-state index contributed by atoms with van der Waals surface area (Å²) in [6, 6.07) is 17.1. The van der Waals surface area contributed by atoms with Gasteiger partial charge in [-0.1, -0.05) is 30.3 Å². The molecule has 1 aromatic carbocycles. The van der Waals surface area contributed by atoms with E-state index >= 15 is 0 Å². The van der Waals surface area contributed by atoms with Crippen molar-refractivity contribution in [2.45, 2.75) is 6.42 Å². The topological polar surface area (TPSA) is 68.2 Å². The van der Waals surface area contributed by atoms with Gasteiger partial charge < -0.3 is 9.64 Å². The Morgan fingerprint density at radius 3 is 2.59 bits per heavy atom. The first kappa shape index (κ1) is 17.1. The Bertz CT molecular complexity index is 885. The second-order valence-electron chi connectivity index (χ2n) is 6.58. The van der Waals surface area contributed by atoms with Gasteiger partial charge in [-0.25, -0.2) is 0 Å². The van der Waals surface area contributed by atoms with Gasteiger partial charge in [-0.15, -0.1) is 10.2 Å². The number of carbonyl (C=O) groups excluding carboxylic acids is 1. The lowest BCUT2D eigenvalue weighted by atomic mass is 10.1. The Hall–Kier alpha value is -3.28. The summed E-state index contributed by atoms with van der Waals surface area (Å²) < 4.78 is 5.79. The van der Waals surface area contributed by atoms with E-state index in [2.05, 4.69) is 15.2 Å². The van der Waals surface area contributed by atoms with E-state index in [9.17, 15) is 4.79 Å². The van der Waals surface area contributed by atoms with Crippen LogP contribution in [0.3, 0.4) is 0 Å². The van der Waals surface area contributed by atoms with Crippen molar-refractivity contribution in [1.29, 1.82) is 0 Å². The van der Waals surface area contributed by atoms with E-state index in [1.807, 2.05) is 47.4 Å². The molecule has 6 heteroatoms. The first-order valence-corrected chi connectivity index (χ1v) is 9.01. The van der Waals surface area contributed by atoms with Crippen LogP contribution in [0.2, 0.25) is 0 Å². The van der Waals surface area contributed by atoms with Crippen LogP contribution in [0.15, 0.2) is 67.0 Å². The molecule has 1 fully saturated rings. The Labute approximate surface area is 157 Å². The lowest BCUT2D eigenvalue weighted by molar-refractivity contribution is 0.0782. The van der Waals surface area contributed by atoms with E-state index in [1.54, 1.807) is 24.5 Å². The minimum Gasteiger partial charge on any atom is -0.476 e. The zero-order chi connectivity index (χ0) is 18.5. The molecule has 1 aliphatic heterocycles. The minimum absolute atomic E-state index is 0.0481. The molecule has 0 N–H and O–H groups in total. The smallest absolute Gasteiger partial charge is 0.253 e. The highest BCUT2D eigenvalue weighted by Crippen LogP contribution is 2.21. The molecular formula is C21H20N4O2. The molecule has 27 heavy (non-hydrogen) atoms. The van der Waals surface area contributed by atoms with Crippen LogP contribution >= 0.6 is 0 Å². The number of nitrogens with zero attached hydrogens (tertiary/aromatic N) is 4. The zero-order valence-corrected chi connectivity index (χ0v) is 14.9. The zero-order valence-electron chi connectivity index (χ0n) is 14.9. The molecule has 0 radical (unpaired) electrons. The van der Waals surface area contributed by atoms with Gasteiger partial charge in [0.1, 0.15) is 0 Å². The molecular weight excluding hydrogens is 340 g/mol. The van der Waals surface area contributed by atoms with Crippen LogP contribution in [0.4, 0.5) is 0 Å². The molecule has 1 atom stereocenters. The van der Waals surface area contributed by atoms with Crippen LogP contribution in [-0.4, -0.2) is 45.7 Å². The molecule has 4 rings (SSSR count). The van der Waals surface area contributed by atoms with Crippen molar-refractivity contribution in [3.63, 3.8) is 0 Å². The number of hydrogen-bond donors (Lipinski definition) is 0. The molecule has 3 aromatic rings. The fourth-order valence-electron chi connectivity index (χ4n) is 3.19. The number of hydrogen-bond acceptors (Lipinski definition) is 5. The van der Waals surface area contributed by atoms with Gasteiger partial charge >= 0.3 is 0 Å². The van der Waals surface area contributed by atoms with Crippen LogP contribution in [0.1, 0.15) is 16.8 Å². The van der Waals surface area contributed by atoms with Crippen LogP contribution in [0.25, 0.3) is 11.3 Å². The fourth-order valence-corrected chi connectivity index (χ4v) is 3.19. The van der Waals surface area contributed by atoms with E-state index in [0.29, 0.717) is 30.5 Å². The van der Waals surface area contributed by atoms with Crippen molar-refractivity contribution in [3.8, 4) is 17.1 Å². The standard InChI is InChI=1S/C21H20N4O2/c26-21(18-8-11-22-12-9-18)25-13-10-16(14-25)15-27-20-7-6-19(23-24-20)17-4-2-1-3-5-17/h1-9,11-12,16H,10,13-15H2. The summed E-state index contributed by atoms with van der Waals surface area (Å²) in [4.78, 5) is 18.3. The summed E-state index contributed by atoms with van der Waals surface area (Å²) in [5.74, 6) is 0.854. The number of carbonyl (C=O) groups is 1. The molecule has 1 aliphatic rings. The van der Waals surface area contributed by atoms with Crippen LogP contribution < -0.4 is 4.74 Å². The second kappa shape index (κ2) is 7.95. The lowest BCUT2D eigenvalue weighted by Gasteiger charge is -2.16. The first-order chi connectivity index (χ1) is 13.3. The van der Waals surface area contributed by atoms with Gasteiger partial charge in [-0.2, -0.15) is 0 Å². The Balaban J connectivity index is 1.30. The van der Waals surface area contributed by atoms with Gasteiger partial charge in [0, 0.05) is 48.6 Å². The van der Waals surface area contributed by atoms with Crippen molar-refractivity contribution in [1.82, 2.24) is 20.1 Å². The van der Waals surface area contributed by atoms with Crippen molar-refractivity contribution < 1.29 is 9.53 Å². The summed E-state index contributed by atoms with van der Waals surface area (Å²) >= 11 is 0. The SMILES string of the molecule is O=C(c1ccncc1)N1CCC(COc2ccc(-c3ccccc3)nn2)C1. The third-order valence-electron chi connectivity index (χ3n) is 4.68. The number of pyridine rings is 1. The summed E-state index contributed by atoms with van der Waals surface area (Å²) in [6.07, 6.45) is 4.20. The van der Waals surface area contributed by atoms with Crippen molar-refractivity contribution in [2.24, 2.45) is 5.92 Å². The van der Waals surface area contributed by atoms with Gasteiger partial charge in [0.15, 0.2) is 0 Å². The van der Waals surface area contributed by atoms with Gasteiger partial charge in [0.25, 0.3) is 5.91 Å². The molecule has 1 amide bonds. The minimum atomic E-state index is 0.0481. The quantitative estimate of drug-likeness (QED) is 0.699. The van der Waals surface area contributed by atoms with E-state index in [-0.39, 0.29) is 5.91 Å². The lowest BCUT2D eigenvalue weighted by Crippen LogP contribution is -2.29. The maximum Gasteiger partial charge on any atom is 0.253 e. The number of ether oxygens (including phenoxy) is 1. The van der Waals surface area contributed by atoms with Crippen molar-refractivity contribution in [3.05, 3.63) is 72.6 Å². The van der Waals surface area contributed by atoms with Gasteiger partial charge in [-0.05, 0) is 24.6 Å². The van der Waals surface area contributed by atoms with Crippen LogP contribution in [0.5, 0.6) is 5.88 Å². The van der Waals surface area contributed by atoms with Gasteiger partial charge in [0.05, 0.1) is 12.3 Å². The van der Waals surface area contributed by atoms with Crippen LogP contribution in [0, 0.1) is 5.92 Å². The predicted molar refractivity (Wildman–Crippen MR) is 101 cm³/mol. The fraction of sp³-hybridized carbons (Fsp3) is 0.238. The largest absolute Gasteiger partial charge is 0.476 e. The molecule has 1 saturated heterocycles. The molecule has 6 nitrogen and oxygen atoms in total. The highest BCUT2D eigenvalue weighted by Gasteiger charge is 2.27. The Morgan fingerprint density at radius 1 is 1.04 bits per heavy atom. The van der Waals surface area contributed by atoms with Crippen LogP contribution in [-0.2, 0) is 0 Å². The molecule has 1 unspecified atom stereocenters. The normalized spacial score (nSPS) is 16.3. The first-order valence-electron chi connectivity index (χ1n) is 9.01. The third-order valence-corrected chi connectivity index (χ3v) is 4.68. The summed E-state index contributed by atoms with van der Waals surface area (Å²) in [5.41, 5.74) is 2.52. The molecule has 0 saturated carbocycles. The number of aromatic nitrogens is 3. The number of likely N-dealkylation sites (tertiary alicyclic amines) is 1. The van der Waals surface area contributed by atoms with E-state index < -0.39 is 0 Å². The molecule has 3 heterocycles. The number of benzene rings is 1. The monoisotopic (exact) mass is 360 g/mol. The van der Waals surface area contributed by atoms with Crippen molar-refractivity contribution >= 4 is 5.91 Å². The summed E-state index contributed by atoms with van der Waals surface area (Å²) in [6.45, 7) is 1.96. The molecule has 0 spiro atoms. The Morgan fingerprint density at radius 2 is 1.85 bits per heavy atom. The number of amides is 1. The van der Waals surface area contributed by atoms with E-state index in [4.69, 9.17) is 4.74 Å². The van der Waals surface area contributed by atoms with Gasteiger partial charge in [-0.3, -0.25) is 9.78 Å².